The minimum Gasteiger partial charge on any atom is -0.450 e. The van der Waals surface area contributed by atoms with Gasteiger partial charge < -0.3 is 9.84 Å². The lowest BCUT2D eigenvalue weighted by molar-refractivity contribution is -0.00717. The summed E-state index contributed by atoms with van der Waals surface area (Å²) >= 11 is 11.2. The lowest BCUT2D eigenvalue weighted by Gasteiger charge is -2.38. The van der Waals surface area contributed by atoms with Gasteiger partial charge in [-0.15, -0.1) is 11.6 Å². The molecule has 0 radical (unpaired) electrons. The van der Waals surface area contributed by atoms with E-state index < -0.39 is 11.2 Å². The summed E-state index contributed by atoms with van der Waals surface area (Å²) < 4.78 is 4.34. The van der Waals surface area contributed by atoms with E-state index >= 15 is 0 Å². The molecule has 1 saturated carbocycles. The zero-order valence-corrected chi connectivity index (χ0v) is 6.52. The summed E-state index contributed by atoms with van der Waals surface area (Å²) in [6, 6.07) is 0. The maximum Gasteiger partial charge on any atom is 0.507 e. The van der Waals surface area contributed by atoms with E-state index in [1.165, 1.54) is 0 Å². The van der Waals surface area contributed by atoms with Crippen molar-refractivity contribution in [1.29, 1.82) is 0 Å². The highest BCUT2D eigenvalue weighted by Crippen LogP contribution is 2.43. The van der Waals surface area contributed by atoms with Gasteiger partial charge in [0.25, 0.3) is 0 Å². The normalized spacial score (nSPS) is 38.4. The lowest BCUT2D eigenvalue weighted by atomic mass is 9.94. The van der Waals surface area contributed by atoms with Gasteiger partial charge in [0.1, 0.15) is 0 Å². The smallest absolute Gasteiger partial charge is 0.450 e. The van der Waals surface area contributed by atoms with E-state index in [9.17, 15) is 4.79 Å². The monoisotopic (exact) mass is 184 g/mol. The SMILES string of the molecule is O=C(O)OC1(Cl)CCC1Cl. The first-order valence-corrected chi connectivity index (χ1v) is 3.61. The number of ether oxygens (including phenoxy) is 1. The van der Waals surface area contributed by atoms with Gasteiger partial charge in [0.2, 0.25) is 5.06 Å². The third kappa shape index (κ3) is 1.30. The Hall–Kier alpha value is -0.150. The van der Waals surface area contributed by atoms with E-state index in [0.717, 1.165) is 0 Å². The highest BCUT2D eigenvalue weighted by atomic mass is 35.5. The van der Waals surface area contributed by atoms with Crippen LogP contribution in [0.1, 0.15) is 12.8 Å². The largest absolute Gasteiger partial charge is 0.507 e. The molecule has 0 heterocycles. The predicted molar refractivity (Wildman–Crippen MR) is 36.6 cm³/mol. The molecule has 58 valence electrons. The Kier molecular flexibility index (Phi) is 1.97. The fraction of sp³-hybridized carbons (Fsp3) is 0.800. The summed E-state index contributed by atoms with van der Waals surface area (Å²) in [5, 5.41) is 6.62. The molecule has 1 rings (SSSR count). The number of hydrogen-bond donors (Lipinski definition) is 1. The van der Waals surface area contributed by atoms with Crippen LogP contribution in [0.25, 0.3) is 0 Å². The molecule has 0 aliphatic heterocycles. The number of rotatable bonds is 1. The molecule has 1 fully saturated rings. The molecule has 10 heavy (non-hydrogen) atoms. The molecule has 0 aromatic carbocycles. The Morgan fingerprint density at radius 3 is 2.50 bits per heavy atom. The van der Waals surface area contributed by atoms with Gasteiger partial charge in [0, 0.05) is 6.42 Å². The second-order valence-electron chi connectivity index (χ2n) is 2.16. The Balaban J connectivity index is 2.45. The van der Waals surface area contributed by atoms with E-state index in [2.05, 4.69) is 4.74 Å². The van der Waals surface area contributed by atoms with Gasteiger partial charge in [-0.25, -0.2) is 4.79 Å². The van der Waals surface area contributed by atoms with Crippen LogP contribution in [0.3, 0.4) is 0 Å². The van der Waals surface area contributed by atoms with Crippen molar-refractivity contribution in [2.24, 2.45) is 0 Å². The van der Waals surface area contributed by atoms with Gasteiger partial charge in [0.15, 0.2) is 0 Å². The average molecular weight is 185 g/mol. The highest BCUT2D eigenvalue weighted by Gasteiger charge is 2.48. The van der Waals surface area contributed by atoms with Crippen LogP contribution in [0, 0.1) is 0 Å². The summed E-state index contributed by atoms with van der Waals surface area (Å²) in [6.07, 6.45) is -0.173. The van der Waals surface area contributed by atoms with Gasteiger partial charge in [-0.3, -0.25) is 0 Å². The molecule has 3 nitrogen and oxygen atoms in total. The van der Waals surface area contributed by atoms with Gasteiger partial charge in [-0.2, -0.15) is 0 Å². The van der Waals surface area contributed by atoms with Gasteiger partial charge in [0.05, 0.1) is 5.38 Å². The standard InChI is InChI=1S/C5H6Cl2O3/c6-3-1-2-5(3,7)10-4(8)9/h3H,1-2H2,(H,8,9). The molecule has 0 aromatic rings. The number of hydrogen-bond acceptors (Lipinski definition) is 2. The molecule has 0 bridgehead atoms. The fourth-order valence-corrected chi connectivity index (χ4v) is 1.29. The first-order valence-electron chi connectivity index (χ1n) is 2.79. The molecule has 5 heteroatoms. The van der Waals surface area contributed by atoms with Crippen molar-refractivity contribution < 1.29 is 14.6 Å². The van der Waals surface area contributed by atoms with Crippen LogP contribution in [0.4, 0.5) is 4.79 Å². The predicted octanol–water partition coefficient (Wildman–Crippen LogP) is 2.02. The number of carboxylic acid groups (broad SMARTS) is 1. The zero-order chi connectivity index (χ0) is 7.78. The summed E-state index contributed by atoms with van der Waals surface area (Å²) in [5.41, 5.74) is 0. The van der Waals surface area contributed by atoms with Crippen LogP contribution < -0.4 is 0 Å². The van der Waals surface area contributed by atoms with Crippen LogP contribution in [0.2, 0.25) is 0 Å². The molecule has 0 spiro atoms. The molecule has 0 aromatic heterocycles. The highest BCUT2D eigenvalue weighted by molar-refractivity contribution is 6.33. The minimum atomic E-state index is -1.37. The Morgan fingerprint density at radius 1 is 1.80 bits per heavy atom. The van der Waals surface area contributed by atoms with Gasteiger partial charge in [-0.1, -0.05) is 11.6 Å². The molecule has 0 amide bonds. The van der Waals surface area contributed by atoms with E-state index in [4.69, 9.17) is 28.3 Å². The van der Waals surface area contributed by atoms with Gasteiger partial charge in [-0.05, 0) is 6.42 Å². The maximum atomic E-state index is 9.99. The second kappa shape index (κ2) is 2.47. The molecular weight excluding hydrogens is 179 g/mol. The number of carbonyl (C=O) groups is 1. The molecule has 2 atom stereocenters. The number of halogens is 2. The van der Waals surface area contributed by atoms with Crippen molar-refractivity contribution in [3.8, 4) is 0 Å². The Morgan fingerprint density at radius 2 is 2.40 bits per heavy atom. The summed E-state index contributed by atoms with van der Waals surface area (Å²) in [5.74, 6) is 0. The average Bonchev–Trinajstić information content (AvgIpc) is 1.84. The van der Waals surface area contributed by atoms with Crippen molar-refractivity contribution in [2.75, 3.05) is 0 Å². The Bertz CT molecular complexity index is 161. The van der Waals surface area contributed by atoms with Crippen LogP contribution in [0.5, 0.6) is 0 Å². The van der Waals surface area contributed by atoms with Crippen molar-refractivity contribution in [3.05, 3.63) is 0 Å². The van der Waals surface area contributed by atoms with Crippen molar-refractivity contribution in [3.63, 3.8) is 0 Å². The third-order valence-corrected chi connectivity index (χ3v) is 2.68. The van der Waals surface area contributed by atoms with Crippen molar-refractivity contribution in [1.82, 2.24) is 0 Å². The quantitative estimate of drug-likeness (QED) is 0.502. The lowest BCUT2D eigenvalue weighted by Crippen LogP contribution is -2.46. The topological polar surface area (TPSA) is 46.5 Å². The second-order valence-corrected chi connectivity index (χ2v) is 3.33. The number of alkyl halides is 2. The van der Waals surface area contributed by atoms with E-state index in [0.29, 0.717) is 12.8 Å². The molecule has 1 aliphatic rings. The summed E-state index contributed by atoms with van der Waals surface area (Å²) in [7, 11) is 0. The molecule has 1 N–H and O–H groups in total. The molecular formula is C5H6Cl2O3. The Labute approximate surface area is 67.9 Å². The van der Waals surface area contributed by atoms with Crippen LogP contribution in [-0.4, -0.2) is 21.7 Å². The van der Waals surface area contributed by atoms with Crippen LogP contribution >= 0.6 is 23.2 Å². The first kappa shape index (κ1) is 7.95. The maximum absolute atomic E-state index is 9.99. The molecule has 1 aliphatic carbocycles. The van der Waals surface area contributed by atoms with Crippen LogP contribution in [-0.2, 0) is 4.74 Å². The third-order valence-electron chi connectivity index (χ3n) is 1.46. The first-order chi connectivity index (χ1) is 4.54. The van der Waals surface area contributed by atoms with Crippen LogP contribution in [0.15, 0.2) is 0 Å². The van der Waals surface area contributed by atoms with Gasteiger partial charge >= 0.3 is 6.16 Å². The minimum absolute atomic E-state index is 0.384. The van der Waals surface area contributed by atoms with Crippen molar-refractivity contribution in [2.45, 2.75) is 23.3 Å². The van der Waals surface area contributed by atoms with E-state index in [1.807, 2.05) is 0 Å². The fourth-order valence-electron chi connectivity index (χ4n) is 0.741. The summed E-state index contributed by atoms with van der Waals surface area (Å²) in [4.78, 5) is 9.99. The molecule has 2 unspecified atom stereocenters. The summed E-state index contributed by atoms with van der Waals surface area (Å²) in [6.45, 7) is 0. The zero-order valence-electron chi connectivity index (χ0n) is 5.01. The van der Waals surface area contributed by atoms with E-state index in [-0.39, 0.29) is 5.38 Å². The van der Waals surface area contributed by atoms with Crippen molar-refractivity contribution >= 4 is 29.4 Å². The van der Waals surface area contributed by atoms with E-state index in [1.54, 1.807) is 0 Å². The molecule has 0 saturated heterocycles.